The molecule has 0 atom stereocenters. The quantitative estimate of drug-likeness (QED) is 0.441. The van der Waals surface area contributed by atoms with Crippen LogP contribution in [0.15, 0.2) is 26.3 Å². The Morgan fingerprint density at radius 2 is 0.833 bits per heavy atom. The standard InChI is InChI=1S/2C2H4.CH5N/c3*1-2/h2*1-2H2;2H2,1H3. The Bertz CT molecular complexity index is 5.90. The minimum Gasteiger partial charge on any atom is -0.333 e. The molecule has 0 aromatic carbocycles. The molecule has 0 amide bonds. The normalized spacial score (nSPS) is 2.33. The number of hydrogen-bond acceptors (Lipinski definition) is 1. The molecule has 0 unspecified atom stereocenters. The molecule has 0 aromatic rings. The van der Waals surface area contributed by atoms with E-state index in [1.54, 1.807) is 0 Å². The zero-order valence-electron chi connectivity index (χ0n) is 4.41. The van der Waals surface area contributed by atoms with Crippen molar-refractivity contribution in [3.8, 4) is 0 Å². The van der Waals surface area contributed by atoms with Gasteiger partial charge in [0.05, 0.1) is 0 Å². The van der Waals surface area contributed by atoms with Gasteiger partial charge in [0.2, 0.25) is 0 Å². The van der Waals surface area contributed by atoms with Gasteiger partial charge in [-0.2, -0.15) is 0 Å². The second-order valence-electron chi connectivity index (χ2n) is 0. The molecule has 0 saturated heterocycles. The van der Waals surface area contributed by atoms with Crippen molar-refractivity contribution in [1.29, 1.82) is 0 Å². The molecule has 0 aliphatic heterocycles. The van der Waals surface area contributed by atoms with Gasteiger partial charge in [0.25, 0.3) is 0 Å². The Hall–Kier alpha value is -0.560. The molecule has 0 fully saturated rings. The van der Waals surface area contributed by atoms with E-state index in [1.807, 2.05) is 0 Å². The summed E-state index contributed by atoms with van der Waals surface area (Å²) >= 11 is 0. The zero-order chi connectivity index (χ0) is 6.00. The molecule has 0 rings (SSSR count). The number of rotatable bonds is 0. The Balaban J connectivity index is -0.0000000225. The first-order chi connectivity index (χ1) is 3.00. The topological polar surface area (TPSA) is 26.0 Å². The van der Waals surface area contributed by atoms with E-state index in [1.165, 1.54) is 7.05 Å². The summed E-state index contributed by atoms with van der Waals surface area (Å²) in [6.45, 7) is 12.0. The molecule has 0 aliphatic rings. The fraction of sp³-hybridized carbons (Fsp3) is 0.200. The summed E-state index contributed by atoms with van der Waals surface area (Å²) in [6.07, 6.45) is 0. The lowest BCUT2D eigenvalue weighted by Gasteiger charge is -1.19. The van der Waals surface area contributed by atoms with Crippen molar-refractivity contribution in [1.82, 2.24) is 0 Å². The van der Waals surface area contributed by atoms with E-state index in [0.29, 0.717) is 0 Å². The first kappa shape index (κ1) is 18.0. The van der Waals surface area contributed by atoms with Gasteiger partial charge in [0.1, 0.15) is 0 Å². The lowest BCUT2D eigenvalue weighted by molar-refractivity contribution is 1.48. The molecule has 0 spiro atoms. The first-order valence-electron chi connectivity index (χ1n) is 1.58. The molecule has 0 saturated carbocycles. The van der Waals surface area contributed by atoms with Crippen molar-refractivity contribution < 1.29 is 0 Å². The molecule has 38 valence electrons. The fourth-order valence-electron chi connectivity index (χ4n) is 0. The minimum absolute atomic E-state index is 1.50. The number of hydrogen-bond donors (Lipinski definition) is 1. The molecule has 0 aromatic heterocycles. The number of nitrogens with two attached hydrogens (primary N) is 1. The zero-order valence-corrected chi connectivity index (χ0v) is 4.41. The van der Waals surface area contributed by atoms with Crippen LogP contribution in [0.4, 0.5) is 0 Å². The van der Waals surface area contributed by atoms with E-state index < -0.39 is 0 Å². The molecule has 0 heterocycles. The molecule has 2 N–H and O–H groups in total. The van der Waals surface area contributed by atoms with Crippen LogP contribution in [0.2, 0.25) is 0 Å². The third-order valence-corrected chi connectivity index (χ3v) is 0. The van der Waals surface area contributed by atoms with Gasteiger partial charge in [0.15, 0.2) is 0 Å². The average molecular weight is 87.2 g/mol. The van der Waals surface area contributed by atoms with Gasteiger partial charge in [-0.05, 0) is 7.05 Å². The van der Waals surface area contributed by atoms with E-state index in [0.717, 1.165) is 0 Å². The summed E-state index contributed by atoms with van der Waals surface area (Å²) < 4.78 is 0. The minimum atomic E-state index is 1.50. The van der Waals surface area contributed by atoms with E-state index in [-0.39, 0.29) is 0 Å². The van der Waals surface area contributed by atoms with Crippen LogP contribution in [-0.2, 0) is 0 Å². The summed E-state index contributed by atoms with van der Waals surface area (Å²) in [4.78, 5) is 0. The van der Waals surface area contributed by atoms with Gasteiger partial charge < -0.3 is 5.73 Å². The molecular weight excluding hydrogens is 74.1 g/mol. The average Bonchev–Trinajstić information content (AvgIpc) is 1.81. The fourth-order valence-corrected chi connectivity index (χ4v) is 0. The Morgan fingerprint density at radius 1 is 0.833 bits per heavy atom. The van der Waals surface area contributed by atoms with Crippen LogP contribution in [0.3, 0.4) is 0 Å². The van der Waals surface area contributed by atoms with Crippen molar-refractivity contribution >= 4 is 0 Å². The van der Waals surface area contributed by atoms with Crippen molar-refractivity contribution in [2.75, 3.05) is 7.05 Å². The van der Waals surface area contributed by atoms with Gasteiger partial charge in [-0.15, -0.1) is 26.3 Å². The van der Waals surface area contributed by atoms with Crippen LogP contribution in [0.25, 0.3) is 0 Å². The van der Waals surface area contributed by atoms with Gasteiger partial charge in [0, 0.05) is 0 Å². The molecular formula is C5H13N. The monoisotopic (exact) mass is 87.1 g/mol. The summed E-state index contributed by atoms with van der Waals surface area (Å²) in [5, 5.41) is 0. The van der Waals surface area contributed by atoms with Crippen molar-refractivity contribution in [3.63, 3.8) is 0 Å². The third kappa shape index (κ3) is 65.3. The maximum atomic E-state index is 4.50. The molecule has 1 nitrogen and oxygen atoms in total. The van der Waals surface area contributed by atoms with Crippen molar-refractivity contribution in [3.05, 3.63) is 26.3 Å². The van der Waals surface area contributed by atoms with E-state index >= 15 is 0 Å². The molecule has 0 aliphatic carbocycles. The maximum Gasteiger partial charge on any atom is -0.0195 e. The third-order valence-electron chi connectivity index (χ3n) is 0. The highest BCUT2D eigenvalue weighted by molar-refractivity contribution is 4.22. The summed E-state index contributed by atoms with van der Waals surface area (Å²) in [5.41, 5.74) is 4.50. The highest BCUT2D eigenvalue weighted by Crippen LogP contribution is 0.864. The maximum absolute atomic E-state index is 4.50. The summed E-state index contributed by atoms with van der Waals surface area (Å²) in [5.74, 6) is 0. The van der Waals surface area contributed by atoms with E-state index in [9.17, 15) is 0 Å². The van der Waals surface area contributed by atoms with Crippen LogP contribution in [0, 0.1) is 0 Å². The summed E-state index contributed by atoms with van der Waals surface area (Å²) in [7, 11) is 1.50. The van der Waals surface area contributed by atoms with Crippen LogP contribution < -0.4 is 5.73 Å². The predicted molar refractivity (Wildman–Crippen MR) is 32.6 cm³/mol. The van der Waals surface area contributed by atoms with Gasteiger partial charge in [-0.1, -0.05) is 0 Å². The van der Waals surface area contributed by atoms with E-state index in [4.69, 9.17) is 0 Å². The van der Waals surface area contributed by atoms with Gasteiger partial charge in [-0.25, -0.2) is 0 Å². The summed E-state index contributed by atoms with van der Waals surface area (Å²) in [6, 6.07) is 0. The molecule has 1 heteroatoms. The molecule has 6 heavy (non-hydrogen) atoms. The van der Waals surface area contributed by atoms with Crippen LogP contribution in [0.5, 0.6) is 0 Å². The molecule has 0 radical (unpaired) electrons. The Morgan fingerprint density at radius 3 is 0.833 bits per heavy atom. The second-order valence-corrected chi connectivity index (χ2v) is 0. The Labute approximate surface area is 40.2 Å². The lowest BCUT2D eigenvalue weighted by Crippen LogP contribution is -1.69. The van der Waals surface area contributed by atoms with Crippen LogP contribution in [0.1, 0.15) is 0 Å². The smallest absolute Gasteiger partial charge is 0.0195 e. The van der Waals surface area contributed by atoms with Crippen molar-refractivity contribution in [2.24, 2.45) is 5.73 Å². The van der Waals surface area contributed by atoms with E-state index in [2.05, 4.69) is 32.0 Å². The highest BCUT2D eigenvalue weighted by Gasteiger charge is 0.836. The lowest BCUT2D eigenvalue weighted by atomic mass is 11.3. The van der Waals surface area contributed by atoms with Crippen LogP contribution in [-0.4, -0.2) is 7.05 Å². The van der Waals surface area contributed by atoms with Gasteiger partial charge in [-0.3, -0.25) is 0 Å². The van der Waals surface area contributed by atoms with Gasteiger partial charge >= 0.3 is 0 Å². The first-order valence-corrected chi connectivity index (χ1v) is 1.58. The second kappa shape index (κ2) is 168. The highest BCUT2D eigenvalue weighted by atomic mass is 14.4. The van der Waals surface area contributed by atoms with Crippen LogP contribution >= 0.6 is 0 Å². The Kier molecular flexibility index (Phi) is 503. The predicted octanol–water partition coefficient (Wildman–Crippen LogP) is 1.18. The van der Waals surface area contributed by atoms with Crippen molar-refractivity contribution in [2.45, 2.75) is 0 Å². The molecule has 0 bridgehead atoms. The largest absolute Gasteiger partial charge is 0.333 e. The SMILES string of the molecule is C=C.C=C.CN.